The molecule has 1 amide bonds. The molecular formula is C17H19NO. The quantitative estimate of drug-likeness (QED) is 0.860. The number of carbonyl (C=O) groups is 1. The number of benzene rings is 2. The van der Waals surface area contributed by atoms with E-state index in [2.05, 4.69) is 17.4 Å². The van der Waals surface area contributed by atoms with E-state index in [-0.39, 0.29) is 11.8 Å². The maximum absolute atomic E-state index is 12.0. The van der Waals surface area contributed by atoms with Gasteiger partial charge in [-0.2, -0.15) is 0 Å². The largest absolute Gasteiger partial charge is 0.326 e. The molecular weight excluding hydrogens is 234 g/mol. The third kappa shape index (κ3) is 4.25. The summed E-state index contributed by atoms with van der Waals surface area (Å²) in [4.78, 5) is 12.0. The summed E-state index contributed by atoms with van der Waals surface area (Å²) in [5.41, 5.74) is 2.14. The third-order valence-electron chi connectivity index (χ3n) is 3.20. The highest BCUT2D eigenvalue weighted by atomic mass is 16.1. The van der Waals surface area contributed by atoms with E-state index in [0.29, 0.717) is 0 Å². The average molecular weight is 253 g/mol. The third-order valence-corrected chi connectivity index (χ3v) is 3.20. The van der Waals surface area contributed by atoms with Gasteiger partial charge in [0.1, 0.15) is 0 Å². The Balaban J connectivity index is 1.83. The van der Waals surface area contributed by atoms with Gasteiger partial charge in [0, 0.05) is 11.6 Å². The van der Waals surface area contributed by atoms with Gasteiger partial charge < -0.3 is 5.32 Å². The molecule has 1 N–H and O–H groups in total. The molecule has 2 aromatic carbocycles. The predicted octanol–water partition coefficient (Wildman–Crippen LogP) is 3.89. The molecule has 19 heavy (non-hydrogen) atoms. The van der Waals surface area contributed by atoms with E-state index in [1.165, 1.54) is 5.56 Å². The zero-order valence-corrected chi connectivity index (χ0v) is 11.2. The van der Waals surface area contributed by atoms with Crippen molar-refractivity contribution < 1.29 is 4.79 Å². The van der Waals surface area contributed by atoms with Crippen molar-refractivity contribution in [3.8, 4) is 0 Å². The van der Waals surface area contributed by atoms with E-state index in [1.54, 1.807) is 0 Å². The number of aryl methyl sites for hydroxylation is 1. The molecule has 1 atom stereocenters. The fourth-order valence-corrected chi connectivity index (χ4v) is 1.95. The molecule has 0 aromatic heterocycles. The van der Waals surface area contributed by atoms with Crippen LogP contribution in [0.15, 0.2) is 60.7 Å². The molecule has 2 aromatic rings. The number of hydrogen-bond donors (Lipinski definition) is 1. The second-order valence-electron chi connectivity index (χ2n) is 4.78. The van der Waals surface area contributed by atoms with Gasteiger partial charge in [0.05, 0.1) is 0 Å². The van der Waals surface area contributed by atoms with Gasteiger partial charge in [0.2, 0.25) is 5.91 Å². The normalized spacial score (nSPS) is 11.8. The highest BCUT2D eigenvalue weighted by Gasteiger charge is 2.12. The lowest BCUT2D eigenvalue weighted by Crippen LogP contribution is -2.20. The van der Waals surface area contributed by atoms with Crippen molar-refractivity contribution in [1.29, 1.82) is 0 Å². The summed E-state index contributed by atoms with van der Waals surface area (Å²) in [6.07, 6.45) is 1.80. The van der Waals surface area contributed by atoms with Crippen molar-refractivity contribution in [3.05, 3.63) is 66.2 Å². The van der Waals surface area contributed by atoms with Crippen LogP contribution >= 0.6 is 0 Å². The Bertz CT molecular complexity index is 507. The second kappa shape index (κ2) is 6.74. The first-order valence-corrected chi connectivity index (χ1v) is 6.65. The van der Waals surface area contributed by atoms with Crippen LogP contribution in [0.1, 0.15) is 18.9 Å². The van der Waals surface area contributed by atoms with Gasteiger partial charge >= 0.3 is 0 Å². The first-order chi connectivity index (χ1) is 9.25. The van der Waals surface area contributed by atoms with Gasteiger partial charge in [-0.15, -0.1) is 0 Å². The van der Waals surface area contributed by atoms with Gasteiger partial charge in [-0.05, 0) is 30.5 Å². The molecule has 0 aliphatic carbocycles. The number of rotatable bonds is 5. The number of hydrogen-bond acceptors (Lipinski definition) is 1. The number of anilines is 1. The van der Waals surface area contributed by atoms with E-state index in [4.69, 9.17) is 0 Å². The number of carbonyl (C=O) groups excluding carboxylic acids is 1. The van der Waals surface area contributed by atoms with E-state index < -0.39 is 0 Å². The minimum atomic E-state index is 0.0143. The Morgan fingerprint density at radius 2 is 1.58 bits per heavy atom. The molecule has 0 fully saturated rings. The molecule has 2 nitrogen and oxygen atoms in total. The molecule has 1 unspecified atom stereocenters. The summed E-state index contributed by atoms with van der Waals surface area (Å²) in [6, 6.07) is 19.9. The Labute approximate surface area is 114 Å². The van der Waals surface area contributed by atoms with Crippen molar-refractivity contribution in [3.63, 3.8) is 0 Å². The monoisotopic (exact) mass is 253 g/mol. The molecule has 0 aliphatic rings. The van der Waals surface area contributed by atoms with Crippen LogP contribution < -0.4 is 5.32 Å². The highest BCUT2D eigenvalue weighted by molar-refractivity contribution is 5.92. The van der Waals surface area contributed by atoms with Crippen LogP contribution in [0.4, 0.5) is 5.69 Å². The number of nitrogens with one attached hydrogen (secondary N) is 1. The van der Waals surface area contributed by atoms with Crippen LogP contribution in [-0.4, -0.2) is 5.91 Å². The second-order valence-corrected chi connectivity index (χ2v) is 4.78. The molecule has 2 heteroatoms. The van der Waals surface area contributed by atoms with Crippen LogP contribution in [0.2, 0.25) is 0 Å². The summed E-state index contributed by atoms with van der Waals surface area (Å²) >= 11 is 0. The van der Waals surface area contributed by atoms with Crippen LogP contribution in [0.5, 0.6) is 0 Å². The van der Waals surface area contributed by atoms with Gasteiger partial charge in [-0.3, -0.25) is 4.79 Å². The first-order valence-electron chi connectivity index (χ1n) is 6.65. The van der Waals surface area contributed by atoms with Crippen LogP contribution in [0, 0.1) is 5.92 Å². The first kappa shape index (κ1) is 13.3. The lowest BCUT2D eigenvalue weighted by Gasteiger charge is -2.12. The Morgan fingerprint density at radius 1 is 1.00 bits per heavy atom. The standard InChI is InChI=1S/C17H19NO/c1-14(12-13-15-8-4-2-5-9-15)17(19)18-16-10-6-3-7-11-16/h2-11,14H,12-13H2,1H3,(H,18,19). The minimum absolute atomic E-state index is 0.0143. The fourth-order valence-electron chi connectivity index (χ4n) is 1.95. The topological polar surface area (TPSA) is 29.1 Å². The van der Waals surface area contributed by atoms with Gasteiger partial charge in [-0.25, -0.2) is 0 Å². The Morgan fingerprint density at radius 3 is 2.21 bits per heavy atom. The van der Waals surface area contributed by atoms with Crippen LogP contribution in [-0.2, 0) is 11.2 Å². The number of amides is 1. The molecule has 0 aliphatic heterocycles. The maximum Gasteiger partial charge on any atom is 0.227 e. The molecule has 0 heterocycles. The smallest absolute Gasteiger partial charge is 0.227 e. The Kier molecular flexibility index (Phi) is 4.73. The summed E-state index contributed by atoms with van der Waals surface area (Å²) in [5, 5.41) is 2.94. The maximum atomic E-state index is 12.0. The van der Waals surface area contributed by atoms with Crippen LogP contribution in [0.25, 0.3) is 0 Å². The molecule has 0 saturated heterocycles. The Hall–Kier alpha value is -2.09. The molecule has 2 rings (SSSR count). The lowest BCUT2D eigenvalue weighted by atomic mass is 10.0. The van der Waals surface area contributed by atoms with E-state index in [1.807, 2.05) is 55.5 Å². The molecule has 0 saturated carbocycles. The highest BCUT2D eigenvalue weighted by Crippen LogP contribution is 2.13. The molecule has 0 radical (unpaired) electrons. The lowest BCUT2D eigenvalue weighted by molar-refractivity contribution is -0.119. The van der Waals surface area contributed by atoms with E-state index in [0.717, 1.165) is 18.5 Å². The van der Waals surface area contributed by atoms with Crippen molar-refractivity contribution >= 4 is 11.6 Å². The van der Waals surface area contributed by atoms with Gasteiger partial charge in [-0.1, -0.05) is 55.5 Å². The number of para-hydroxylation sites is 1. The summed E-state index contributed by atoms with van der Waals surface area (Å²) in [5.74, 6) is 0.0996. The van der Waals surface area contributed by atoms with Crippen molar-refractivity contribution in [1.82, 2.24) is 0 Å². The molecule has 0 spiro atoms. The summed E-state index contributed by atoms with van der Waals surface area (Å²) < 4.78 is 0. The minimum Gasteiger partial charge on any atom is -0.326 e. The van der Waals surface area contributed by atoms with Crippen molar-refractivity contribution in [2.75, 3.05) is 5.32 Å². The zero-order chi connectivity index (χ0) is 13.5. The predicted molar refractivity (Wildman–Crippen MR) is 79.0 cm³/mol. The molecule has 0 bridgehead atoms. The molecule has 98 valence electrons. The summed E-state index contributed by atoms with van der Waals surface area (Å²) in [7, 11) is 0. The van der Waals surface area contributed by atoms with E-state index in [9.17, 15) is 4.79 Å². The fraction of sp³-hybridized carbons (Fsp3) is 0.235. The van der Waals surface area contributed by atoms with Crippen molar-refractivity contribution in [2.45, 2.75) is 19.8 Å². The SMILES string of the molecule is CC(CCc1ccccc1)C(=O)Nc1ccccc1. The van der Waals surface area contributed by atoms with Crippen LogP contribution in [0.3, 0.4) is 0 Å². The zero-order valence-electron chi connectivity index (χ0n) is 11.2. The van der Waals surface area contributed by atoms with Gasteiger partial charge in [0.25, 0.3) is 0 Å². The summed E-state index contributed by atoms with van der Waals surface area (Å²) in [6.45, 7) is 1.97. The van der Waals surface area contributed by atoms with Crippen molar-refractivity contribution in [2.24, 2.45) is 5.92 Å². The van der Waals surface area contributed by atoms with Gasteiger partial charge in [0.15, 0.2) is 0 Å². The average Bonchev–Trinajstić information content (AvgIpc) is 2.47. The van der Waals surface area contributed by atoms with E-state index >= 15 is 0 Å².